The van der Waals surface area contributed by atoms with Gasteiger partial charge in [-0.3, -0.25) is 10.1 Å². The largest absolute Gasteiger partial charge is 0.308 e. The predicted molar refractivity (Wildman–Crippen MR) is 64.3 cm³/mol. The van der Waals surface area contributed by atoms with Crippen LogP contribution in [-0.2, 0) is 6.54 Å². The first-order valence-corrected chi connectivity index (χ1v) is 5.53. The number of benzene rings is 1. The summed E-state index contributed by atoms with van der Waals surface area (Å²) in [4.78, 5) is 10.00. The molecule has 0 amide bonds. The van der Waals surface area contributed by atoms with Crippen molar-refractivity contribution < 1.29 is 9.31 Å². The summed E-state index contributed by atoms with van der Waals surface area (Å²) in [7, 11) is 0. The number of nitrogens with one attached hydrogen (secondary N) is 1. The molecule has 1 aromatic carbocycles. The minimum atomic E-state index is -0.586. The van der Waals surface area contributed by atoms with Crippen molar-refractivity contribution >= 4 is 5.69 Å². The Bertz CT molecular complexity index is 419. The first kappa shape index (κ1) is 13.6. The quantitative estimate of drug-likeness (QED) is 0.635. The molecule has 94 valence electrons. The molecule has 5 heteroatoms. The normalized spacial score (nSPS) is 11.5. The second-order valence-electron chi connectivity index (χ2n) is 4.67. The van der Waals surface area contributed by atoms with E-state index in [0.717, 1.165) is 12.5 Å². The fourth-order valence-electron chi connectivity index (χ4n) is 1.31. The monoisotopic (exact) mass is 240 g/mol. The maximum Gasteiger partial charge on any atom is 0.272 e. The molecule has 17 heavy (non-hydrogen) atoms. The molecule has 1 N–H and O–H groups in total. The maximum atomic E-state index is 13.2. The fourth-order valence-corrected chi connectivity index (χ4v) is 1.31. The molecule has 0 radical (unpaired) electrons. The van der Waals surface area contributed by atoms with Crippen LogP contribution >= 0.6 is 0 Å². The Labute approximate surface area is 100.0 Å². The van der Waals surface area contributed by atoms with E-state index in [1.54, 1.807) is 0 Å². The first-order valence-electron chi connectivity index (χ1n) is 5.53. The minimum Gasteiger partial charge on any atom is -0.308 e. The van der Waals surface area contributed by atoms with Gasteiger partial charge in [0.25, 0.3) is 5.69 Å². The standard InChI is InChI=1S/C12H17FN2O2/c1-4-12(2,3)14-8-9-5-10(13)7-11(6-9)15(16)17/h5-7,14H,4,8H2,1-3H3. The Morgan fingerprint density at radius 2 is 2.06 bits per heavy atom. The molecule has 0 saturated carbocycles. The Morgan fingerprint density at radius 1 is 1.41 bits per heavy atom. The number of nitro groups is 1. The lowest BCUT2D eigenvalue weighted by molar-refractivity contribution is -0.385. The summed E-state index contributed by atoms with van der Waals surface area (Å²) in [5, 5.41) is 13.8. The number of non-ortho nitro benzene ring substituents is 1. The van der Waals surface area contributed by atoms with Crippen LogP contribution in [0.15, 0.2) is 18.2 Å². The molecule has 0 bridgehead atoms. The van der Waals surface area contributed by atoms with E-state index in [-0.39, 0.29) is 11.2 Å². The highest BCUT2D eigenvalue weighted by molar-refractivity contribution is 5.35. The molecular weight excluding hydrogens is 223 g/mol. The van der Waals surface area contributed by atoms with Crippen LogP contribution in [0.5, 0.6) is 0 Å². The first-order chi connectivity index (χ1) is 7.84. The molecule has 0 unspecified atom stereocenters. The number of rotatable bonds is 5. The summed E-state index contributed by atoms with van der Waals surface area (Å²) >= 11 is 0. The van der Waals surface area contributed by atoms with Gasteiger partial charge < -0.3 is 5.32 Å². The highest BCUT2D eigenvalue weighted by atomic mass is 19.1. The van der Waals surface area contributed by atoms with Crippen molar-refractivity contribution in [2.24, 2.45) is 0 Å². The smallest absolute Gasteiger partial charge is 0.272 e. The molecule has 0 aliphatic heterocycles. The lowest BCUT2D eigenvalue weighted by atomic mass is 10.0. The average molecular weight is 240 g/mol. The predicted octanol–water partition coefficient (Wildman–Crippen LogP) is 3.01. The second kappa shape index (κ2) is 5.23. The molecule has 0 atom stereocenters. The molecule has 0 spiro atoms. The highest BCUT2D eigenvalue weighted by Gasteiger charge is 2.15. The summed E-state index contributed by atoms with van der Waals surface area (Å²) in [6.07, 6.45) is 0.921. The van der Waals surface area contributed by atoms with Crippen molar-refractivity contribution in [3.05, 3.63) is 39.7 Å². The van der Waals surface area contributed by atoms with Crippen molar-refractivity contribution in [2.75, 3.05) is 0 Å². The van der Waals surface area contributed by atoms with E-state index in [2.05, 4.69) is 5.32 Å². The highest BCUT2D eigenvalue weighted by Crippen LogP contribution is 2.17. The van der Waals surface area contributed by atoms with Crippen molar-refractivity contribution in [3.63, 3.8) is 0 Å². The Hall–Kier alpha value is -1.49. The molecule has 0 aromatic heterocycles. The zero-order chi connectivity index (χ0) is 13.1. The van der Waals surface area contributed by atoms with E-state index in [1.807, 2.05) is 20.8 Å². The maximum absolute atomic E-state index is 13.2. The number of nitro benzene ring substituents is 1. The van der Waals surface area contributed by atoms with E-state index in [9.17, 15) is 14.5 Å². The summed E-state index contributed by atoms with van der Waals surface area (Å²) in [6, 6.07) is 3.63. The molecule has 0 aliphatic rings. The Morgan fingerprint density at radius 3 is 2.59 bits per heavy atom. The van der Waals surface area contributed by atoms with Gasteiger partial charge in [-0.1, -0.05) is 6.92 Å². The van der Waals surface area contributed by atoms with Crippen molar-refractivity contribution in [3.8, 4) is 0 Å². The summed E-state index contributed by atoms with van der Waals surface area (Å²) < 4.78 is 13.2. The van der Waals surface area contributed by atoms with E-state index in [4.69, 9.17) is 0 Å². The lowest BCUT2D eigenvalue weighted by Crippen LogP contribution is -2.37. The molecule has 4 nitrogen and oxygen atoms in total. The van der Waals surface area contributed by atoms with E-state index in [1.165, 1.54) is 12.1 Å². The topological polar surface area (TPSA) is 55.2 Å². The number of nitrogens with zero attached hydrogens (tertiary/aromatic N) is 1. The summed E-state index contributed by atoms with van der Waals surface area (Å²) in [5.74, 6) is -0.578. The van der Waals surface area contributed by atoms with Crippen molar-refractivity contribution in [1.29, 1.82) is 0 Å². The average Bonchev–Trinajstić information content (AvgIpc) is 2.26. The van der Waals surface area contributed by atoms with Crippen LogP contribution in [-0.4, -0.2) is 10.5 Å². The summed E-state index contributed by atoms with van der Waals surface area (Å²) in [5.41, 5.74) is 0.301. The second-order valence-corrected chi connectivity index (χ2v) is 4.67. The van der Waals surface area contributed by atoms with Crippen LogP contribution in [0.2, 0.25) is 0 Å². The molecule has 0 heterocycles. The number of halogens is 1. The van der Waals surface area contributed by atoms with Crippen LogP contribution in [0.3, 0.4) is 0 Å². The number of hydrogen-bond acceptors (Lipinski definition) is 3. The third-order valence-electron chi connectivity index (χ3n) is 2.81. The molecular formula is C12H17FN2O2. The van der Waals surface area contributed by atoms with Crippen LogP contribution in [0, 0.1) is 15.9 Å². The van der Waals surface area contributed by atoms with E-state index >= 15 is 0 Å². The SMILES string of the molecule is CCC(C)(C)NCc1cc(F)cc([N+](=O)[O-])c1. The van der Waals surface area contributed by atoms with Gasteiger partial charge in [0.15, 0.2) is 0 Å². The van der Waals surface area contributed by atoms with Gasteiger partial charge >= 0.3 is 0 Å². The van der Waals surface area contributed by atoms with Crippen molar-refractivity contribution in [2.45, 2.75) is 39.3 Å². The molecule has 1 aromatic rings. The molecule has 1 rings (SSSR count). The zero-order valence-electron chi connectivity index (χ0n) is 10.3. The van der Waals surface area contributed by atoms with Gasteiger partial charge in [0.2, 0.25) is 0 Å². The third-order valence-corrected chi connectivity index (χ3v) is 2.81. The molecule has 0 fully saturated rings. The van der Waals surface area contributed by atoms with Gasteiger partial charge in [0, 0.05) is 18.2 Å². The van der Waals surface area contributed by atoms with Gasteiger partial charge in [0.1, 0.15) is 5.82 Å². The fraction of sp³-hybridized carbons (Fsp3) is 0.500. The lowest BCUT2D eigenvalue weighted by Gasteiger charge is -2.24. The van der Waals surface area contributed by atoms with E-state index < -0.39 is 10.7 Å². The van der Waals surface area contributed by atoms with Gasteiger partial charge in [0.05, 0.1) is 11.0 Å². The van der Waals surface area contributed by atoms with E-state index in [0.29, 0.717) is 12.1 Å². The van der Waals surface area contributed by atoms with Gasteiger partial charge in [-0.2, -0.15) is 0 Å². The number of hydrogen-bond donors (Lipinski definition) is 1. The Kier molecular flexibility index (Phi) is 4.17. The van der Waals surface area contributed by atoms with Crippen LogP contribution in [0.25, 0.3) is 0 Å². The van der Waals surface area contributed by atoms with Gasteiger partial charge in [-0.25, -0.2) is 4.39 Å². The Balaban J connectivity index is 2.81. The van der Waals surface area contributed by atoms with Crippen LogP contribution in [0.4, 0.5) is 10.1 Å². The third kappa shape index (κ3) is 4.11. The van der Waals surface area contributed by atoms with Gasteiger partial charge in [-0.05, 0) is 31.9 Å². The summed E-state index contributed by atoms with van der Waals surface area (Å²) in [6.45, 7) is 6.52. The van der Waals surface area contributed by atoms with Crippen LogP contribution < -0.4 is 5.32 Å². The van der Waals surface area contributed by atoms with Crippen LogP contribution in [0.1, 0.15) is 32.8 Å². The minimum absolute atomic E-state index is 0.0684. The molecule has 0 aliphatic carbocycles. The van der Waals surface area contributed by atoms with Crippen molar-refractivity contribution in [1.82, 2.24) is 5.32 Å². The molecule has 0 saturated heterocycles. The zero-order valence-corrected chi connectivity index (χ0v) is 10.3. The van der Waals surface area contributed by atoms with Gasteiger partial charge in [-0.15, -0.1) is 0 Å².